The third kappa shape index (κ3) is 6.19. The first-order valence-corrected chi connectivity index (χ1v) is 7.73. The van der Waals surface area contributed by atoms with E-state index >= 15 is 0 Å². The van der Waals surface area contributed by atoms with Crippen LogP contribution < -0.4 is 5.32 Å². The Bertz CT molecular complexity index is 216. The van der Waals surface area contributed by atoms with Crippen molar-refractivity contribution >= 4 is 0 Å². The molecule has 0 amide bonds. The molecule has 3 unspecified atom stereocenters. The van der Waals surface area contributed by atoms with Gasteiger partial charge in [0.1, 0.15) is 0 Å². The van der Waals surface area contributed by atoms with E-state index in [1.807, 2.05) is 0 Å². The summed E-state index contributed by atoms with van der Waals surface area (Å²) in [5, 5.41) is 3.75. The third-order valence-electron chi connectivity index (χ3n) is 3.81. The van der Waals surface area contributed by atoms with Gasteiger partial charge in [0, 0.05) is 12.6 Å². The second-order valence-corrected chi connectivity index (χ2v) is 7.29. The molecule has 1 saturated heterocycles. The van der Waals surface area contributed by atoms with Crippen LogP contribution in [0.15, 0.2) is 0 Å². The van der Waals surface area contributed by atoms with Gasteiger partial charge in [0.2, 0.25) is 0 Å². The monoisotopic (exact) mass is 255 g/mol. The fourth-order valence-electron chi connectivity index (χ4n) is 3.20. The predicted octanol–water partition coefficient (Wildman–Crippen LogP) is 3.85. The van der Waals surface area contributed by atoms with E-state index < -0.39 is 0 Å². The lowest BCUT2D eigenvalue weighted by Crippen LogP contribution is -2.38. The molecule has 108 valence electrons. The third-order valence-corrected chi connectivity index (χ3v) is 3.81. The maximum absolute atomic E-state index is 5.56. The van der Waals surface area contributed by atoms with Gasteiger partial charge < -0.3 is 10.1 Å². The molecule has 18 heavy (non-hydrogen) atoms. The SMILES string of the molecule is CCCNC(CC(C)CC(C)(C)C)C1CCOC1. The van der Waals surface area contributed by atoms with Crippen LogP contribution in [0.2, 0.25) is 0 Å². The molecule has 3 atom stereocenters. The van der Waals surface area contributed by atoms with Gasteiger partial charge >= 0.3 is 0 Å². The highest BCUT2D eigenvalue weighted by Crippen LogP contribution is 2.29. The summed E-state index contributed by atoms with van der Waals surface area (Å²) in [4.78, 5) is 0. The van der Waals surface area contributed by atoms with Crippen LogP contribution >= 0.6 is 0 Å². The Balaban J connectivity index is 2.43. The second-order valence-electron chi connectivity index (χ2n) is 7.29. The van der Waals surface area contributed by atoms with Crippen molar-refractivity contribution in [1.82, 2.24) is 5.32 Å². The van der Waals surface area contributed by atoms with E-state index in [-0.39, 0.29) is 0 Å². The molecule has 0 aromatic rings. The van der Waals surface area contributed by atoms with E-state index in [2.05, 4.69) is 39.9 Å². The summed E-state index contributed by atoms with van der Waals surface area (Å²) in [6.07, 6.45) is 5.07. The lowest BCUT2D eigenvalue weighted by molar-refractivity contribution is 0.168. The Labute approximate surface area is 114 Å². The Hall–Kier alpha value is -0.0800. The van der Waals surface area contributed by atoms with Crippen LogP contribution in [0, 0.1) is 17.3 Å². The van der Waals surface area contributed by atoms with Gasteiger partial charge in [-0.15, -0.1) is 0 Å². The van der Waals surface area contributed by atoms with Crippen LogP contribution in [0.1, 0.15) is 60.3 Å². The van der Waals surface area contributed by atoms with Crippen molar-refractivity contribution in [2.45, 2.75) is 66.3 Å². The smallest absolute Gasteiger partial charge is 0.0510 e. The summed E-state index contributed by atoms with van der Waals surface area (Å²) in [6.45, 7) is 14.7. The maximum atomic E-state index is 5.56. The standard InChI is InChI=1S/C16H33NO/c1-6-8-17-15(14-7-9-18-12-14)10-13(2)11-16(3,4)5/h13-15,17H,6-12H2,1-5H3. The lowest BCUT2D eigenvalue weighted by Gasteiger charge is -2.30. The molecular formula is C16H33NO. The molecular weight excluding hydrogens is 222 g/mol. The molecule has 1 rings (SSSR count). The van der Waals surface area contributed by atoms with E-state index in [1.165, 1.54) is 25.7 Å². The van der Waals surface area contributed by atoms with Crippen LogP contribution in [-0.4, -0.2) is 25.8 Å². The summed E-state index contributed by atoms with van der Waals surface area (Å²) in [5.74, 6) is 1.53. The molecule has 0 aromatic carbocycles. The number of ether oxygens (including phenoxy) is 1. The first kappa shape index (κ1) is 16.0. The first-order chi connectivity index (χ1) is 8.42. The number of hydrogen-bond acceptors (Lipinski definition) is 2. The molecule has 0 radical (unpaired) electrons. The van der Waals surface area contributed by atoms with Gasteiger partial charge in [-0.05, 0) is 49.5 Å². The molecule has 1 N–H and O–H groups in total. The molecule has 1 aliphatic rings. The van der Waals surface area contributed by atoms with E-state index in [1.54, 1.807) is 0 Å². The lowest BCUT2D eigenvalue weighted by atomic mass is 9.81. The predicted molar refractivity (Wildman–Crippen MR) is 78.9 cm³/mol. The van der Waals surface area contributed by atoms with Gasteiger partial charge in [0.15, 0.2) is 0 Å². The molecule has 0 bridgehead atoms. The van der Waals surface area contributed by atoms with Crippen molar-refractivity contribution in [1.29, 1.82) is 0 Å². The van der Waals surface area contributed by atoms with Crippen molar-refractivity contribution < 1.29 is 4.74 Å². The molecule has 1 fully saturated rings. The minimum Gasteiger partial charge on any atom is -0.381 e. The Morgan fingerprint density at radius 1 is 1.33 bits per heavy atom. The largest absolute Gasteiger partial charge is 0.381 e. The van der Waals surface area contributed by atoms with Crippen LogP contribution in [-0.2, 0) is 4.74 Å². The molecule has 2 heteroatoms. The number of nitrogens with one attached hydrogen (secondary N) is 1. The molecule has 0 spiro atoms. The fourth-order valence-corrected chi connectivity index (χ4v) is 3.20. The van der Waals surface area contributed by atoms with Gasteiger partial charge in [-0.2, -0.15) is 0 Å². The summed E-state index contributed by atoms with van der Waals surface area (Å²) in [6, 6.07) is 0.657. The average Bonchev–Trinajstić information content (AvgIpc) is 2.74. The van der Waals surface area contributed by atoms with Crippen molar-refractivity contribution in [3.8, 4) is 0 Å². The van der Waals surface area contributed by atoms with Gasteiger partial charge in [0.25, 0.3) is 0 Å². The highest BCUT2D eigenvalue weighted by Gasteiger charge is 2.27. The van der Waals surface area contributed by atoms with E-state index in [0.717, 1.165) is 31.6 Å². The molecule has 1 aliphatic heterocycles. The van der Waals surface area contributed by atoms with Crippen molar-refractivity contribution in [3.63, 3.8) is 0 Å². The zero-order valence-corrected chi connectivity index (χ0v) is 13.1. The van der Waals surface area contributed by atoms with Gasteiger partial charge in [0.05, 0.1) is 6.61 Å². The van der Waals surface area contributed by atoms with E-state index in [4.69, 9.17) is 4.74 Å². The summed E-state index contributed by atoms with van der Waals surface area (Å²) in [7, 11) is 0. The van der Waals surface area contributed by atoms with E-state index in [0.29, 0.717) is 11.5 Å². The summed E-state index contributed by atoms with van der Waals surface area (Å²) < 4.78 is 5.56. The molecule has 0 aromatic heterocycles. The zero-order chi connectivity index (χ0) is 13.6. The van der Waals surface area contributed by atoms with Crippen molar-refractivity contribution in [2.24, 2.45) is 17.3 Å². The van der Waals surface area contributed by atoms with Crippen LogP contribution in [0.25, 0.3) is 0 Å². The Morgan fingerprint density at radius 2 is 2.06 bits per heavy atom. The minimum absolute atomic E-state index is 0.445. The fraction of sp³-hybridized carbons (Fsp3) is 1.00. The Kier molecular flexibility index (Phi) is 6.65. The number of rotatable bonds is 7. The minimum atomic E-state index is 0.445. The van der Waals surface area contributed by atoms with Gasteiger partial charge in [-0.3, -0.25) is 0 Å². The second kappa shape index (κ2) is 7.49. The highest BCUT2D eigenvalue weighted by atomic mass is 16.5. The van der Waals surface area contributed by atoms with Crippen molar-refractivity contribution in [3.05, 3.63) is 0 Å². The Morgan fingerprint density at radius 3 is 2.56 bits per heavy atom. The summed E-state index contributed by atoms with van der Waals surface area (Å²) >= 11 is 0. The highest BCUT2D eigenvalue weighted by molar-refractivity contribution is 4.82. The number of hydrogen-bond donors (Lipinski definition) is 1. The normalized spacial score (nSPS) is 24.2. The quantitative estimate of drug-likeness (QED) is 0.746. The molecule has 0 saturated carbocycles. The van der Waals surface area contributed by atoms with Crippen molar-refractivity contribution in [2.75, 3.05) is 19.8 Å². The van der Waals surface area contributed by atoms with Crippen LogP contribution in [0.3, 0.4) is 0 Å². The first-order valence-electron chi connectivity index (χ1n) is 7.73. The average molecular weight is 255 g/mol. The topological polar surface area (TPSA) is 21.3 Å². The molecule has 1 heterocycles. The van der Waals surface area contributed by atoms with Gasteiger partial charge in [-0.25, -0.2) is 0 Å². The molecule has 2 nitrogen and oxygen atoms in total. The molecule has 0 aliphatic carbocycles. The maximum Gasteiger partial charge on any atom is 0.0510 e. The zero-order valence-electron chi connectivity index (χ0n) is 13.1. The van der Waals surface area contributed by atoms with Crippen LogP contribution in [0.5, 0.6) is 0 Å². The van der Waals surface area contributed by atoms with Gasteiger partial charge in [-0.1, -0.05) is 34.6 Å². The van der Waals surface area contributed by atoms with E-state index in [9.17, 15) is 0 Å². The van der Waals surface area contributed by atoms with Crippen LogP contribution in [0.4, 0.5) is 0 Å². The summed E-state index contributed by atoms with van der Waals surface area (Å²) in [5.41, 5.74) is 0.445.